The zero-order valence-corrected chi connectivity index (χ0v) is 32.2. The molecule has 1 fully saturated rings. The Hall–Kier alpha value is -4.23. The lowest BCUT2D eigenvalue weighted by atomic mass is 10.2. The van der Waals surface area contributed by atoms with Crippen molar-refractivity contribution in [3.05, 3.63) is 40.9 Å². The summed E-state index contributed by atoms with van der Waals surface area (Å²) in [4.78, 5) is 67.9. The minimum absolute atomic E-state index is 0.0196. The minimum Gasteiger partial charge on any atom is -0.354 e. The van der Waals surface area contributed by atoms with E-state index >= 15 is 0 Å². The molecule has 1 aromatic carbocycles. The second-order valence-electron chi connectivity index (χ2n) is 14.0. The van der Waals surface area contributed by atoms with Crippen LogP contribution in [-0.2, 0) is 44.6 Å². The van der Waals surface area contributed by atoms with Crippen molar-refractivity contribution >= 4 is 74.0 Å². The number of anilines is 1. The summed E-state index contributed by atoms with van der Waals surface area (Å²) in [5, 5.41) is 5.62. The van der Waals surface area contributed by atoms with Gasteiger partial charge in [0, 0.05) is 26.1 Å². The van der Waals surface area contributed by atoms with Crippen LogP contribution in [0.15, 0.2) is 39.7 Å². The van der Waals surface area contributed by atoms with E-state index in [9.17, 15) is 32.2 Å². The molecular weight excluding hydrogens is 738 g/mol. The first-order valence-corrected chi connectivity index (χ1v) is 20.4. The van der Waals surface area contributed by atoms with Crippen LogP contribution in [0.5, 0.6) is 0 Å². The van der Waals surface area contributed by atoms with E-state index in [1.807, 2.05) is 0 Å². The van der Waals surface area contributed by atoms with Crippen molar-refractivity contribution in [1.82, 2.24) is 39.0 Å². The number of nitrogens with one attached hydrogen (secondary N) is 3. The largest absolute Gasteiger partial charge is 0.354 e. The fraction of sp³-hybridized carbons (Fsp3) is 0.516. The zero-order valence-electron chi connectivity index (χ0n) is 29.7. The summed E-state index contributed by atoms with van der Waals surface area (Å²) >= 11 is 0.965. The number of hydrogen-bond acceptors (Lipinski definition) is 14. The molecule has 0 unspecified atom stereocenters. The number of piperazine rings is 1. The molecule has 0 spiro atoms. The van der Waals surface area contributed by atoms with Gasteiger partial charge in [-0.15, -0.1) is 11.3 Å². The van der Waals surface area contributed by atoms with Gasteiger partial charge in [0.1, 0.15) is 13.1 Å². The standard InChI is InChI=1S/C31H42N9O9PS2/c1-30(2,3)48-50(45,49-31(4,5)6)16-11-22(41)32-12-13-33-28-36-26-25(27(44)37-28)34-19-39(26)17-23(42)38-14-15-40(24(43)18-38)52(46,47)29-35-20-9-7-8-10-21(20)51-29/h7-10,19H,11-18H2,1-6H3,(H,32,41)(H2,33,36,37,44). The van der Waals surface area contributed by atoms with Crippen LogP contribution in [0, 0.1) is 0 Å². The van der Waals surface area contributed by atoms with E-state index in [-0.39, 0.29) is 72.7 Å². The smallest absolute Gasteiger partial charge is 0.332 e. The summed E-state index contributed by atoms with van der Waals surface area (Å²) < 4.78 is 53.8. The highest BCUT2D eigenvalue weighted by Gasteiger charge is 2.38. The number of imidazole rings is 1. The van der Waals surface area contributed by atoms with E-state index in [0.717, 1.165) is 15.6 Å². The molecule has 1 aliphatic heterocycles. The van der Waals surface area contributed by atoms with Crippen LogP contribution < -0.4 is 16.2 Å². The third kappa shape index (κ3) is 9.60. The van der Waals surface area contributed by atoms with Crippen molar-refractivity contribution in [2.45, 2.75) is 70.0 Å². The Morgan fingerprint density at radius 1 is 1.02 bits per heavy atom. The van der Waals surface area contributed by atoms with Crippen molar-refractivity contribution in [1.29, 1.82) is 0 Å². The molecule has 18 nitrogen and oxygen atoms in total. The maximum atomic E-state index is 13.4. The molecular formula is C31H42N9O9PS2. The number of H-pyrrole nitrogens is 1. The predicted molar refractivity (Wildman–Crippen MR) is 194 cm³/mol. The number of rotatable bonds is 13. The number of fused-ring (bicyclic) bond motifs is 2. The van der Waals surface area contributed by atoms with Gasteiger partial charge in [0.05, 0.1) is 40.5 Å². The number of thiazole rings is 1. The number of carbonyl (C=O) groups is 3. The molecule has 4 heterocycles. The summed E-state index contributed by atoms with van der Waals surface area (Å²) in [6.07, 6.45) is 1.06. The first kappa shape index (κ1) is 39.0. The number of sulfonamides is 1. The van der Waals surface area contributed by atoms with Crippen LogP contribution in [-0.4, -0.2) is 110 Å². The van der Waals surface area contributed by atoms with Crippen molar-refractivity contribution in [2.75, 3.05) is 44.2 Å². The lowest BCUT2D eigenvalue weighted by molar-refractivity contribution is -0.142. The van der Waals surface area contributed by atoms with Crippen LogP contribution in [0.25, 0.3) is 21.4 Å². The van der Waals surface area contributed by atoms with Crippen molar-refractivity contribution in [2.24, 2.45) is 0 Å². The second kappa shape index (κ2) is 15.0. The molecule has 3 N–H and O–H groups in total. The van der Waals surface area contributed by atoms with Gasteiger partial charge < -0.3 is 29.1 Å². The second-order valence-corrected chi connectivity index (χ2v) is 19.1. The van der Waals surface area contributed by atoms with Gasteiger partial charge in [-0.2, -0.15) is 13.4 Å². The molecule has 1 aliphatic rings. The number of amides is 3. The number of para-hydroxylation sites is 1. The Morgan fingerprint density at radius 3 is 2.37 bits per heavy atom. The fourth-order valence-corrected chi connectivity index (χ4v) is 10.3. The van der Waals surface area contributed by atoms with Gasteiger partial charge in [-0.3, -0.25) is 28.7 Å². The maximum Gasteiger partial charge on any atom is 0.332 e. The highest BCUT2D eigenvalue weighted by Crippen LogP contribution is 2.54. The molecule has 3 amide bonds. The van der Waals surface area contributed by atoms with Crippen LogP contribution in [0.4, 0.5) is 5.95 Å². The molecule has 21 heteroatoms. The van der Waals surface area contributed by atoms with Gasteiger partial charge in [0.25, 0.3) is 21.5 Å². The molecule has 0 aliphatic carbocycles. The van der Waals surface area contributed by atoms with Gasteiger partial charge in [-0.05, 0) is 53.7 Å². The van der Waals surface area contributed by atoms with E-state index in [0.29, 0.717) is 10.2 Å². The van der Waals surface area contributed by atoms with E-state index in [2.05, 4.69) is 30.6 Å². The monoisotopic (exact) mass is 779 g/mol. The Bertz CT molecular complexity index is 2150. The Morgan fingerprint density at radius 2 is 1.71 bits per heavy atom. The van der Waals surface area contributed by atoms with Gasteiger partial charge in [-0.1, -0.05) is 12.1 Å². The third-order valence-electron chi connectivity index (χ3n) is 7.27. The van der Waals surface area contributed by atoms with E-state index in [1.165, 1.54) is 15.8 Å². The Labute approximate surface area is 303 Å². The molecule has 0 radical (unpaired) electrons. The van der Waals surface area contributed by atoms with E-state index < -0.39 is 52.7 Å². The minimum atomic E-state index is -4.21. The van der Waals surface area contributed by atoms with E-state index in [1.54, 1.807) is 65.8 Å². The van der Waals surface area contributed by atoms with Crippen molar-refractivity contribution in [3.8, 4) is 0 Å². The number of aromatic amines is 1. The third-order valence-corrected chi connectivity index (χ3v) is 12.9. The highest BCUT2D eigenvalue weighted by molar-refractivity contribution is 7.91. The molecule has 3 aromatic heterocycles. The molecule has 282 valence electrons. The number of aromatic nitrogens is 5. The van der Waals surface area contributed by atoms with Gasteiger partial charge >= 0.3 is 7.60 Å². The first-order chi connectivity index (χ1) is 24.2. The average Bonchev–Trinajstić information content (AvgIpc) is 3.65. The molecule has 4 aromatic rings. The number of carbonyl (C=O) groups excluding carboxylic acids is 3. The summed E-state index contributed by atoms with van der Waals surface area (Å²) in [7, 11) is -7.79. The van der Waals surface area contributed by atoms with Crippen LogP contribution in [0.3, 0.4) is 0 Å². The van der Waals surface area contributed by atoms with Crippen LogP contribution >= 0.6 is 18.9 Å². The average molecular weight is 780 g/mol. The van der Waals surface area contributed by atoms with Crippen molar-refractivity contribution < 1.29 is 36.4 Å². The topological polar surface area (TPSA) is 228 Å². The fourth-order valence-electron chi connectivity index (χ4n) is 5.23. The predicted octanol–water partition coefficient (Wildman–Crippen LogP) is 2.53. The molecule has 0 atom stereocenters. The first-order valence-electron chi connectivity index (χ1n) is 16.4. The molecule has 1 saturated heterocycles. The summed E-state index contributed by atoms with van der Waals surface area (Å²) in [5.41, 5.74) is -1.47. The highest BCUT2D eigenvalue weighted by atomic mass is 32.2. The lowest BCUT2D eigenvalue weighted by Crippen LogP contribution is -2.54. The van der Waals surface area contributed by atoms with Gasteiger partial charge in [0.15, 0.2) is 11.2 Å². The molecule has 0 bridgehead atoms. The number of nitrogens with zero attached hydrogens (tertiary/aromatic N) is 6. The number of benzene rings is 1. The maximum absolute atomic E-state index is 13.4. The molecule has 5 rings (SSSR count). The molecule has 52 heavy (non-hydrogen) atoms. The number of hydrogen-bond donors (Lipinski definition) is 3. The Kier molecular flexibility index (Phi) is 11.3. The van der Waals surface area contributed by atoms with Crippen LogP contribution in [0.1, 0.15) is 48.0 Å². The van der Waals surface area contributed by atoms with Gasteiger partial charge in [0.2, 0.25) is 22.1 Å². The zero-order chi connectivity index (χ0) is 38.1. The normalized spacial score (nSPS) is 14.7. The Balaban J connectivity index is 1.15. The summed E-state index contributed by atoms with van der Waals surface area (Å²) in [5.74, 6) is -1.59. The summed E-state index contributed by atoms with van der Waals surface area (Å²) in [6.45, 7) is 9.76. The SMILES string of the molecule is CC(C)(C)OP(=O)(CCC(=O)NCCNc1nc2c(ncn2CC(=O)N2CCN(S(=O)(=O)c3nc4ccccc4s3)C(=O)C2)c(=O)[nH]1)OC(C)(C)C. The molecule has 0 saturated carbocycles. The van der Waals surface area contributed by atoms with E-state index in [4.69, 9.17) is 9.05 Å². The lowest BCUT2D eigenvalue weighted by Gasteiger charge is -2.33. The summed E-state index contributed by atoms with van der Waals surface area (Å²) in [6, 6.07) is 6.93. The van der Waals surface area contributed by atoms with Crippen LogP contribution in [0.2, 0.25) is 0 Å². The van der Waals surface area contributed by atoms with Gasteiger partial charge in [-0.25, -0.2) is 14.3 Å². The van der Waals surface area contributed by atoms with Crippen molar-refractivity contribution in [3.63, 3.8) is 0 Å². The quantitative estimate of drug-likeness (QED) is 0.131.